The van der Waals surface area contributed by atoms with Gasteiger partial charge in [0.15, 0.2) is 5.82 Å². The molecule has 0 unspecified atom stereocenters. The molecule has 0 spiro atoms. The van der Waals surface area contributed by atoms with Crippen LogP contribution in [0, 0.1) is 6.92 Å². The molecule has 0 aliphatic carbocycles. The van der Waals surface area contributed by atoms with E-state index in [0.717, 1.165) is 47.5 Å². The van der Waals surface area contributed by atoms with Crippen LogP contribution in [0.4, 0.5) is 0 Å². The zero-order valence-electron chi connectivity index (χ0n) is 16.3. The van der Waals surface area contributed by atoms with E-state index in [1.165, 1.54) is 0 Å². The number of fused-ring (bicyclic) bond motifs is 3. The third-order valence-corrected chi connectivity index (χ3v) is 4.82. The summed E-state index contributed by atoms with van der Waals surface area (Å²) in [7, 11) is 2.63. The van der Waals surface area contributed by atoms with Crippen LogP contribution in [0.25, 0.3) is 5.69 Å². The second-order valence-corrected chi connectivity index (χ2v) is 6.66. The summed E-state index contributed by atoms with van der Waals surface area (Å²) in [6, 6.07) is 12.9. The molecule has 4 rings (SSSR count). The standard InChI is InChI=1S/C20H17ClN4O2.CH4O/c1-12-23-24-20-17(9-10-26)22-19(13-3-5-14(21)6-4-13)16-11-15(27-2)7-8-18(16)25(12)20;1-2/h3-8,10-11,17H,9H2,1-2H3;2H,1H3/t17-;/m0./s1. The monoisotopic (exact) mass is 412 g/mol. The summed E-state index contributed by atoms with van der Waals surface area (Å²) in [5.74, 6) is 2.10. The lowest BCUT2D eigenvalue weighted by Gasteiger charge is -2.14. The molecule has 8 heteroatoms. The second-order valence-electron chi connectivity index (χ2n) is 6.23. The Balaban J connectivity index is 0.00000117. The fourth-order valence-electron chi connectivity index (χ4n) is 3.29. The van der Waals surface area contributed by atoms with Crippen LogP contribution in [0.3, 0.4) is 0 Å². The van der Waals surface area contributed by atoms with Crippen LogP contribution in [0.15, 0.2) is 47.5 Å². The molecule has 1 aliphatic rings. The van der Waals surface area contributed by atoms with Crippen molar-refractivity contribution in [2.24, 2.45) is 4.99 Å². The second kappa shape index (κ2) is 8.98. The third-order valence-electron chi connectivity index (χ3n) is 4.57. The average Bonchev–Trinajstić information content (AvgIpc) is 3.07. The minimum Gasteiger partial charge on any atom is -0.497 e. The van der Waals surface area contributed by atoms with Crippen LogP contribution in [0.1, 0.15) is 35.2 Å². The lowest BCUT2D eigenvalue weighted by Crippen LogP contribution is -2.08. The van der Waals surface area contributed by atoms with Gasteiger partial charge in [0, 0.05) is 29.7 Å². The van der Waals surface area contributed by atoms with E-state index in [1.54, 1.807) is 7.11 Å². The summed E-state index contributed by atoms with van der Waals surface area (Å²) in [5, 5.41) is 16.1. The van der Waals surface area contributed by atoms with Gasteiger partial charge in [0.1, 0.15) is 23.9 Å². The highest BCUT2D eigenvalue weighted by atomic mass is 35.5. The van der Waals surface area contributed by atoms with Gasteiger partial charge in [-0.05, 0) is 37.3 Å². The van der Waals surface area contributed by atoms with E-state index in [2.05, 4.69) is 10.2 Å². The van der Waals surface area contributed by atoms with E-state index in [4.69, 9.17) is 26.4 Å². The molecule has 0 fully saturated rings. The summed E-state index contributed by atoms with van der Waals surface area (Å²) in [4.78, 5) is 16.2. The number of aromatic nitrogens is 3. The van der Waals surface area contributed by atoms with Gasteiger partial charge >= 0.3 is 0 Å². The molecular weight excluding hydrogens is 392 g/mol. The van der Waals surface area contributed by atoms with E-state index in [0.29, 0.717) is 10.8 Å². The molecule has 1 aliphatic heterocycles. The van der Waals surface area contributed by atoms with Gasteiger partial charge in [0.2, 0.25) is 0 Å². The van der Waals surface area contributed by atoms with Crippen LogP contribution in [-0.2, 0) is 4.79 Å². The van der Waals surface area contributed by atoms with E-state index in [1.807, 2.05) is 54.0 Å². The van der Waals surface area contributed by atoms with Gasteiger partial charge in [-0.1, -0.05) is 23.7 Å². The number of nitrogens with zero attached hydrogens (tertiary/aromatic N) is 4. The van der Waals surface area contributed by atoms with E-state index >= 15 is 0 Å². The summed E-state index contributed by atoms with van der Waals surface area (Å²) in [6.45, 7) is 1.88. The first-order valence-electron chi connectivity index (χ1n) is 8.95. The fraction of sp³-hybridized carbons (Fsp3) is 0.238. The number of benzene rings is 2. The highest BCUT2D eigenvalue weighted by Crippen LogP contribution is 2.34. The molecule has 1 N–H and O–H groups in total. The number of methoxy groups -OCH3 is 1. The van der Waals surface area contributed by atoms with Crippen molar-refractivity contribution in [3.63, 3.8) is 0 Å². The number of aliphatic hydroxyl groups excluding tert-OH is 1. The number of aliphatic hydroxyl groups is 1. The number of aldehydes is 1. The van der Waals surface area contributed by atoms with Gasteiger partial charge in [-0.2, -0.15) is 0 Å². The molecule has 1 atom stereocenters. The lowest BCUT2D eigenvalue weighted by atomic mass is 10.00. The smallest absolute Gasteiger partial charge is 0.162 e. The van der Waals surface area contributed by atoms with Gasteiger partial charge in [0.05, 0.1) is 18.5 Å². The van der Waals surface area contributed by atoms with Crippen molar-refractivity contribution in [2.75, 3.05) is 14.2 Å². The number of rotatable bonds is 4. The number of aliphatic imine (C=N–C) groups is 1. The van der Waals surface area contributed by atoms with Crippen molar-refractivity contribution in [3.05, 3.63) is 70.3 Å². The minimum atomic E-state index is -0.423. The Morgan fingerprint density at radius 3 is 2.55 bits per heavy atom. The average molecular weight is 413 g/mol. The maximum atomic E-state index is 11.3. The number of halogens is 1. The van der Waals surface area contributed by atoms with Gasteiger partial charge in [0.25, 0.3) is 0 Å². The number of aryl methyl sites for hydroxylation is 1. The van der Waals surface area contributed by atoms with Gasteiger partial charge in [-0.3, -0.25) is 9.56 Å². The first-order chi connectivity index (χ1) is 14.1. The molecule has 150 valence electrons. The normalized spacial score (nSPS) is 14.5. The molecule has 0 saturated heterocycles. The first-order valence-corrected chi connectivity index (χ1v) is 9.33. The SMILES string of the molecule is CO.COc1ccc2c(c1)C(c1ccc(Cl)cc1)=N[C@@H](CC=O)c1nnc(C)n1-2. The zero-order valence-corrected chi connectivity index (χ0v) is 17.1. The number of hydrogen-bond donors (Lipinski definition) is 1. The highest BCUT2D eigenvalue weighted by molar-refractivity contribution is 6.30. The first kappa shape index (κ1) is 20.7. The largest absolute Gasteiger partial charge is 0.497 e. The predicted molar refractivity (Wildman–Crippen MR) is 111 cm³/mol. The van der Waals surface area contributed by atoms with Crippen LogP contribution >= 0.6 is 11.6 Å². The Kier molecular flexibility index (Phi) is 6.41. The van der Waals surface area contributed by atoms with E-state index < -0.39 is 6.04 Å². The molecule has 1 aromatic heterocycles. The van der Waals surface area contributed by atoms with Gasteiger partial charge in [-0.25, -0.2) is 0 Å². The Hall–Kier alpha value is -3.03. The summed E-state index contributed by atoms with van der Waals surface area (Å²) >= 11 is 6.06. The maximum absolute atomic E-state index is 11.3. The summed E-state index contributed by atoms with van der Waals surface area (Å²) < 4.78 is 7.38. The predicted octanol–water partition coefficient (Wildman–Crippen LogP) is 3.33. The lowest BCUT2D eigenvalue weighted by molar-refractivity contribution is -0.108. The Morgan fingerprint density at radius 2 is 1.90 bits per heavy atom. The Bertz CT molecular complexity index is 1040. The van der Waals surface area contributed by atoms with Crippen molar-refractivity contribution < 1.29 is 14.6 Å². The quantitative estimate of drug-likeness (QED) is 0.664. The molecule has 2 aromatic carbocycles. The third kappa shape index (κ3) is 3.92. The van der Waals surface area contributed by atoms with Crippen LogP contribution in [-0.4, -0.2) is 46.1 Å². The summed E-state index contributed by atoms with van der Waals surface area (Å²) in [5.41, 5.74) is 3.45. The minimum absolute atomic E-state index is 0.223. The van der Waals surface area contributed by atoms with Crippen LogP contribution < -0.4 is 4.74 Å². The Morgan fingerprint density at radius 1 is 1.17 bits per heavy atom. The topological polar surface area (TPSA) is 89.6 Å². The van der Waals surface area contributed by atoms with Crippen LogP contribution in [0.2, 0.25) is 5.02 Å². The fourth-order valence-corrected chi connectivity index (χ4v) is 3.42. The molecule has 2 heterocycles. The van der Waals surface area contributed by atoms with Crippen molar-refractivity contribution >= 4 is 23.6 Å². The van der Waals surface area contributed by atoms with E-state index in [9.17, 15) is 4.79 Å². The Labute approximate surface area is 173 Å². The zero-order chi connectivity index (χ0) is 21.0. The van der Waals surface area contributed by atoms with Crippen molar-refractivity contribution in [2.45, 2.75) is 19.4 Å². The number of carbonyl (C=O) groups excluding carboxylic acids is 1. The van der Waals surface area contributed by atoms with Crippen LogP contribution in [0.5, 0.6) is 5.75 Å². The molecule has 29 heavy (non-hydrogen) atoms. The molecule has 3 aromatic rings. The molecule has 0 bridgehead atoms. The molecular formula is C21H21ClN4O3. The van der Waals surface area contributed by atoms with Crippen molar-refractivity contribution in [3.8, 4) is 11.4 Å². The molecule has 0 saturated carbocycles. The van der Waals surface area contributed by atoms with Crippen molar-refractivity contribution in [1.29, 1.82) is 0 Å². The van der Waals surface area contributed by atoms with E-state index in [-0.39, 0.29) is 6.42 Å². The summed E-state index contributed by atoms with van der Waals surface area (Å²) in [6.07, 6.45) is 1.08. The molecule has 7 nitrogen and oxygen atoms in total. The molecule has 0 radical (unpaired) electrons. The number of carbonyl (C=O) groups is 1. The van der Waals surface area contributed by atoms with Gasteiger partial charge < -0.3 is 14.6 Å². The molecule has 0 amide bonds. The number of ether oxygens (including phenoxy) is 1. The maximum Gasteiger partial charge on any atom is 0.162 e. The highest BCUT2D eigenvalue weighted by Gasteiger charge is 2.28. The van der Waals surface area contributed by atoms with Crippen molar-refractivity contribution in [1.82, 2.24) is 14.8 Å². The van der Waals surface area contributed by atoms with Gasteiger partial charge in [-0.15, -0.1) is 10.2 Å². The number of hydrogen-bond acceptors (Lipinski definition) is 6.